The van der Waals surface area contributed by atoms with E-state index < -0.39 is 0 Å². The number of aliphatic hydroxyl groups excluding tert-OH is 1. The Kier molecular flexibility index (Phi) is 15.9. The fraction of sp³-hybridized carbons (Fsp3) is 0.812. The molecule has 1 unspecified atom stereocenters. The van der Waals surface area contributed by atoms with Crippen LogP contribution in [0.2, 0.25) is 0 Å². The van der Waals surface area contributed by atoms with Crippen molar-refractivity contribution in [3.05, 3.63) is 35.4 Å². The van der Waals surface area contributed by atoms with Crippen molar-refractivity contribution in [1.82, 2.24) is 0 Å². The predicted octanol–water partition coefficient (Wildman–Crippen LogP) is 9.36. The molecule has 1 fully saturated rings. The Bertz CT molecular complexity index is 584. The molecular weight excluding hydrogens is 414 g/mol. The summed E-state index contributed by atoms with van der Waals surface area (Å²) in [6.07, 6.45) is 29.2. The summed E-state index contributed by atoms with van der Waals surface area (Å²) in [7, 11) is 0. The zero-order valence-electron chi connectivity index (χ0n) is 22.7. The van der Waals surface area contributed by atoms with Gasteiger partial charge in [0.05, 0.1) is 6.10 Å². The van der Waals surface area contributed by atoms with Gasteiger partial charge in [0.2, 0.25) is 0 Å². The van der Waals surface area contributed by atoms with Crippen molar-refractivity contribution < 1.29 is 5.11 Å². The van der Waals surface area contributed by atoms with Gasteiger partial charge in [0.25, 0.3) is 0 Å². The van der Waals surface area contributed by atoms with E-state index in [9.17, 15) is 5.11 Å². The summed E-state index contributed by atoms with van der Waals surface area (Å²) in [5.74, 6) is 0. The number of hydrogen-bond donors (Lipinski definition) is 2. The van der Waals surface area contributed by atoms with Gasteiger partial charge in [0.1, 0.15) is 0 Å². The molecule has 0 heterocycles. The molecule has 0 radical (unpaired) electrons. The highest BCUT2D eigenvalue weighted by atomic mass is 16.3. The van der Waals surface area contributed by atoms with Gasteiger partial charge in [0, 0.05) is 5.54 Å². The molecule has 2 nitrogen and oxygen atoms in total. The molecule has 1 aliphatic rings. The number of rotatable bonds is 14. The van der Waals surface area contributed by atoms with E-state index in [0.29, 0.717) is 0 Å². The molecule has 1 aromatic rings. The second-order valence-corrected chi connectivity index (χ2v) is 11.4. The first-order valence-corrected chi connectivity index (χ1v) is 15.2. The monoisotopic (exact) mass is 471 g/mol. The Morgan fingerprint density at radius 1 is 0.676 bits per heavy atom. The topological polar surface area (TPSA) is 46.2 Å². The Balaban J connectivity index is 1.68. The summed E-state index contributed by atoms with van der Waals surface area (Å²) < 4.78 is 0. The number of benzene rings is 1. The van der Waals surface area contributed by atoms with E-state index in [-0.39, 0.29) is 11.6 Å². The van der Waals surface area contributed by atoms with Crippen LogP contribution in [0.1, 0.15) is 159 Å². The van der Waals surface area contributed by atoms with Gasteiger partial charge in [-0.2, -0.15) is 0 Å². The minimum atomic E-state index is -0.215. The molecule has 1 atom stereocenters. The van der Waals surface area contributed by atoms with Crippen molar-refractivity contribution in [2.45, 2.75) is 166 Å². The third kappa shape index (κ3) is 12.7. The summed E-state index contributed by atoms with van der Waals surface area (Å²) in [6, 6.07) is 8.96. The van der Waals surface area contributed by atoms with Crippen molar-refractivity contribution in [3.8, 4) is 0 Å². The van der Waals surface area contributed by atoms with Crippen molar-refractivity contribution >= 4 is 0 Å². The zero-order valence-corrected chi connectivity index (χ0v) is 22.7. The van der Waals surface area contributed by atoms with E-state index in [1.54, 1.807) is 0 Å². The maximum atomic E-state index is 10.5. The number of unbranched alkanes of at least 4 members (excludes halogenated alkanes) is 9. The lowest BCUT2D eigenvalue weighted by Crippen LogP contribution is -2.36. The fourth-order valence-corrected chi connectivity index (χ4v) is 5.75. The lowest BCUT2D eigenvalue weighted by atomic mass is 9.80. The van der Waals surface area contributed by atoms with Crippen molar-refractivity contribution in [2.24, 2.45) is 5.73 Å². The molecule has 1 aliphatic carbocycles. The molecule has 2 rings (SSSR count). The summed E-state index contributed by atoms with van der Waals surface area (Å²) in [6.45, 7) is 2.28. The number of aliphatic hydroxyl groups is 1. The third-order valence-electron chi connectivity index (χ3n) is 8.14. The highest BCUT2D eigenvalue weighted by molar-refractivity contribution is 5.29. The summed E-state index contributed by atoms with van der Waals surface area (Å²) in [5.41, 5.74) is 9.39. The van der Waals surface area contributed by atoms with E-state index in [4.69, 9.17) is 5.73 Å². The van der Waals surface area contributed by atoms with E-state index in [2.05, 4.69) is 31.2 Å². The highest BCUT2D eigenvalue weighted by Gasteiger charge is 2.26. The maximum Gasteiger partial charge on any atom is 0.0580 e. The minimum Gasteiger partial charge on any atom is -0.393 e. The SMILES string of the molecule is CCCCCCCCCCCCC(O)Cc1ccc(C2(N)CCCCCCCCCCC2)cc1. The number of hydrogen-bond acceptors (Lipinski definition) is 2. The molecule has 0 aliphatic heterocycles. The fourth-order valence-electron chi connectivity index (χ4n) is 5.75. The van der Waals surface area contributed by atoms with E-state index in [1.807, 2.05) is 0 Å². The van der Waals surface area contributed by atoms with Crippen LogP contribution < -0.4 is 5.73 Å². The molecule has 196 valence electrons. The Hall–Kier alpha value is -0.860. The van der Waals surface area contributed by atoms with Crippen LogP contribution in [0.5, 0.6) is 0 Å². The molecule has 2 heteroatoms. The van der Waals surface area contributed by atoms with Gasteiger partial charge < -0.3 is 10.8 Å². The minimum absolute atomic E-state index is 0.174. The Morgan fingerprint density at radius 2 is 1.12 bits per heavy atom. The summed E-state index contributed by atoms with van der Waals surface area (Å²) in [4.78, 5) is 0. The van der Waals surface area contributed by atoms with Crippen LogP contribution in [-0.2, 0) is 12.0 Å². The lowest BCUT2D eigenvalue weighted by molar-refractivity contribution is 0.161. The third-order valence-corrected chi connectivity index (χ3v) is 8.14. The molecule has 1 aromatic carbocycles. The number of nitrogens with two attached hydrogens (primary N) is 1. The average Bonchev–Trinajstić information content (AvgIpc) is 2.83. The van der Waals surface area contributed by atoms with Crippen LogP contribution in [0.4, 0.5) is 0 Å². The lowest BCUT2D eigenvalue weighted by Gasteiger charge is -2.31. The average molecular weight is 472 g/mol. The first-order valence-electron chi connectivity index (χ1n) is 15.2. The van der Waals surface area contributed by atoms with Crippen LogP contribution in [0, 0.1) is 0 Å². The van der Waals surface area contributed by atoms with Crippen LogP contribution >= 0.6 is 0 Å². The second kappa shape index (κ2) is 18.4. The van der Waals surface area contributed by atoms with Crippen LogP contribution in [0.3, 0.4) is 0 Å². The van der Waals surface area contributed by atoms with E-state index in [0.717, 1.165) is 32.1 Å². The smallest absolute Gasteiger partial charge is 0.0580 e. The molecule has 3 N–H and O–H groups in total. The van der Waals surface area contributed by atoms with Gasteiger partial charge in [-0.3, -0.25) is 0 Å². The van der Waals surface area contributed by atoms with Crippen molar-refractivity contribution in [1.29, 1.82) is 0 Å². The van der Waals surface area contributed by atoms with Crippen molar-refractivity contribution in [2.75, 3.05) is 0 Å². The molecule has 0 saturated heterocycles. The van der Waals surface area contributed by atoms with E-state index >= 15 is 0 Å². The predicted molar refractivity (Wildman–Crippen MR) is 149 cm³/mol. The standard InChI is InChI=1S/C32H57NO/c1-2-3-4-5-6-7-9-12-15-18-21-31(34)28-29-22-24-30(25-23-29)32(33)26-19-16-13-10-8-11-14-17-20-27-32/h22-25,31,34H,2-21,26-28,33H2,1H3. The van der Waals surface area contributed by atoms with E-state index in [1.165, 1.54) is 127 Å². The Morgan fingerprint density at radius 3 is 1.62 bits per heavy atom. The summed E-state index contributed by atoms with van der Waals surface area (Å²) in [5, 5.41) is 10.5. The van der Waals surface area contributed by atoms with Gasteiger partial charge in [-0.05, 0) is 36.8 Å². The largest absolute Gasteiger partial charge is 0.393 e. The van der Waals surface area contributed by atoms with Gasteiger partial charge in [-0.25, -0.2) is 0 Å². The van der Waals surface area contributed by atoms with Gasteiger partial charge in [-0.1, -0.05) is 153 Å². The first-order chi connectivity index (χ1) is 16.6. The Labute approximate surface area is 212 Å². The molecule has 0 spiro atoms. The van der Waals surface area contributed by atoms with Crippen LogP contribution in [-0.4, -0.2) is 11.2 Å². The molecule has 0 aromatic heterocycles. The zero-order chi connectivity index (χ0) is 24.3. The van der Waals surface area contributed by atoms with Crippen molar-refractivity contribution in [3.63, 3.8) is 0 Å². The maximum absolute atomic E-state index is 10.5. The normalized spacial score (nSPS) is 18.7. The molecule has 0 amide bonds. The van der Waals surface area contributed by atoms with Crippen LogP contribution in [0.15, 0.2) is 24.3 Å². The second-order valence-electron chi connectivity index (χ2n) is 11.4. The van der Waals surface area contributed by atoms with Gasteiger partial charge >= 0.3 is 0 Å². The van der Waals surface area contributed by atoms with Gasteiger partial charge in [0.15, 0.2) is 0 Å². The molecule has 34 heavy (non-hydrogen) atoms. The molecule has 1 saturated carbocycles. The quantitative estimate of drug-likeness (QED) is 0.265. The van der Waals surface area contributed by atoms with Gasteiger partial charge in [-0.15, -0.1) is 0 Å². The molecular formula is C32H57NO. The molecule has 0 bridgehead atoms. The first kappa shape index (κ1) is 29.4. The highest BCUT2D eigenvalue weighted by Crippen LogP contribution is 2.32. The van der Waals surface area contributed by atoms with Crippen LogP contribution in [0.25, 0.3) is 0 Å². The summed E-state index contributed by atoms with van der Waals surface area (Å²) >= 11 is 0.